The third-order valence-electron chi connectivity index (χ3n) is 3.23. The van der Waals surface area contributed by atoms with E-state index in [4.69, 9.17) is 0 Å². The van der Waals surface area contributed by atoms with Crippen molar-refractivity contribution in [3.05, 3.63) is 63.6 Å². The molecule has 1 aliphatic heterocycles. The van der Waals surface area contributed by atoms with Crippen LogP contribution in [0.1, 0.15) is 21.5 Å². The molecule has 2 aromatic rings. The molecule has 0 aromatic heterocycles. The van der Waals surface area contributed by atoms with Crippen LogP contribution >= 0.6 is 31.9 Å². The molecule has 1 aliphatic rings. The SMILES string of the molecule is O=C1Cc2cc(C(Br)c3ccccc3Br)ccc2N1. The molecule has 0 spiro atoms. The van der Waals surface area contributed by atoms with E-state index < -0.39 is 0 Å². The highest BCUT2D eigenvalue weighted by Gasteiger charge is 2.20. The number of fused-ring (bicyclic) bond motifs is 1. The minimum Gasteiger partial charge on any atom is -0.326 e. The maximum Gasteiger partial charge on any atom is 0.228 e. The molecule has 1 N–H and O–H groups in total. The van der Waals surface area contributed by atoms with Gasteiger partial charge in [-0.25, -0.2) is 0 Å². The molecule has 0 bridgehead atoms. The lowest BCUT2D eigenvalue weighted by molar-refractivity contribution is -0.115. The number of anilines is 1. The fourth-order valence-corrected chi connectivity index (χ4v) is 3.77. The van der Waals surface area contributed by atoms with Crippen molar-refractivity contribution in [2.24, 2.45) is 0 Å². The smallest absolute Gasteiger partial charge is 0.228 e. The van der Waals surface area contributed by atoms with Crippen LogP contribution in [0.5, 0.6) is 0 Å². The van der Waals surface area contributed by atoms with Crippen LogP contribution in [0.4, 0.5) is 5.69 Å². The molecule has 0 saturated carbocycles. The normalized spacial score (nSPS) is 14.9. The average molecular weight is 381 g/mol. The van der Waals surface area contributed by atoms with Gasteiger partial charge in [-0.15, -0.1) is 0 Å². The molecule has 0 aliphatic carbocycles. The van der Waals surface area contributed by atoms with Crippen LogP contribution in [0.15, 0.2) is 46.9 Å². The second-order valence-corrected chi connectivity index (χ2v) is 6.30. The van der Waals surface area contributed by atoms with Crippen molar-refractivity contribution in [3.63, 3.8) is 0 Å². The number of hydrogen-bond acceptors (Lipinski definition) is 1. The first-order chi connectivity index (χ1) is 9.15. The number of alkyl halides is 1. The maximum absolute atomic E-state index is 11.4. The Morgan fingerprint density at radius 3 is 2.74 bits per heavy atom. The zero-order valence-electron chi connectivity index (χ0n) is 9.99. The van der Waals surface area contributed by atoms with Crippen LogP contribution in [0, 0.1) is 0 Å². The molecule has 19 heavy (non-hydrogen) atoms. The van der Waals surface area contributed by atoms with Crippen molar-refractivity contribution in [2.45, 2.75) is 11.2 Å². The van der Waals surface area contributed by atoms with Gasteiger partial charge in [-0.1, -0.05) is 62.2 Å². The van der Waals surface area contributed by atoms with Gasteiger partial charge in [0.05, 0.1) is 11.2 Å². The summed E-state index contributed by atoms with van der Waals surface area (Å²) in [6, 6.07) is 14.2. The van der Waals surface area contributed by atoms with Crippen LogP contribution in [-0.2, 0) is 11.2 Å². The summed E-state index contributed by atoms with van der Waals surface area (Å²) in [5.41, 5.74) is 4.33. The lowest BCUT2D eigenvalue weighted by atomic mass is 10.0. The van der Waals surface area contributed by atoms with Crippen molar-refractivity contribution < 1.29 is 4.79 Å². The summed E-state index contributed by atoms with van der Waals surface area (Å²) in [6.07, 6.45) is 0.471. The first-order valence-electron chi connectivity index (χ1n) is 5.96. The maximum atomic E-state index is 11.4. The van der Waals surface area contributed by atoms with Crippen LogP contribution in [-0.4, -0.2) is 5.91 Å². The third-order valence-corrected chi connectivity index (χ3v) is 4.97. The summed E-state index contributed by atoms with van der Waals surface area (Å²) >= 11 is 7.30. The van der Waals surface area contributed by atoms with E-state index >= 15 is 0 Å². The van der Waals surface area contributed by atoms with Gasteiger partial charge in [0.25, 0.3) is 0 Å². The van der Waals surface area contributed by atoms with Crippen molar-refractivity contribution >= 4 is 43.5 Å². The van der Waals surface area contributed by atoms with E-state index in [2.05, 4.69) is 49.3 Å². The summed E-state index contributed by atoms with van der Waals surface area (Å²) in [5, 5.41) is 2.85. The second kappa shape index (κ2) is 5.10. The molecule has 2 nitrogen and oxygen atoms in total. The Morgan fingerprint density at radius 1 is 1.16 bits per heavy atom. The van der Waals surface area contributed by atoms with E-state index in [1.165, 1.54) is 5.56 Å². The number of rotatable bonds is 2. The van der Waals surface area contributed by atoms with Crippen molar-refractivity contribution in [2.75, 3.05) is 5.32 Å². The second-order valence-electron chi connectivity index (χ2n) is 4.53. The summed E-state index contributed by atoms with van der Waals surface area (Å²) in [6.45, 7) is 0. The standard InChI is InChI=1S/C15H11Br2NO/c16-12-4-2-1-3-11(12)15(17)9-5-6-13-10(7-9)8-14(19)18-13/h1-7,15H,8H2,(H,18,19). The Hall–Kier alpha value is -1.13. The Morgan fingerprint density at radius 2 is 1.95 bits per heavy atom. The van der Waals surface area contributed by atoms with Gasteiger partial charge in [0.2, 0.25) is 5.91 Å². The molecule has 0 radical (unpaired) electrons. The van der Waals surface area contributed by atoms with Crippen LogP contribution < -0.4 is 5.32 Å². The van der Waals surface area contributed by atoms with Crippen molar-refractivity contribution in [3.8, 4) is 0 Å². The number of hydrogen-bond donors (Lipinski definition) is 1. The zero-order valence-corrected chi connectivity index (χ0v) is 13.2. The number of halogens is 2. The quantitative estimate of drug-likeness (QED) is 0.767. The van der Waals surface area contributed by atoms with E-state index in [0.717, 1.165) is 21.3 Å². The van der Waals surface area contributed by atoms with Gasteiger partial charge in [0.1, 0.15) is 0 Å². The molecule has 0 fully saturated rings. The van der Waals surface area contributed by atoms with E-state index in [-0.39, 0.29) is 10.7 Å². The fraction of sp³-hybridized carbons (Fsp3) is 0.133. The van der Waals surface area contributed by atoms with Crippen LogP contribution in [0.25, 0.3) is 0 Å². The Bertz CT molecular complexity index is 654. The van der Waals surface area contributed by atoms with Gasteiger partial charge in [-0.2, -0.15) is 0 Å². The molecule has 0 saturated heterocycles. The topological polar surface area (TPSA) is 29.1 Å². The number of carbonyl (C=O) groups is 1. The first-order valence-corrected chi connectivity index (χ1v) is 7.67. The number of benzene rings is 2. The molecule has 1 amide bonds. The Kier molecular flexibility index (Phi) is 3.46. The number of amides is 1. The van der Waals surface area contributed by atoms with Gasteiger partial charge < -0.3 is 5.32 Å². The summed E-state index contributed by atoms with van der Waals surface area (Å²) in [5.74, 6) is 0.0687. The third kappa shape index (κ3) is 2.47. The van der Waals surface area contributed by atoms with Gasteiger partial charge in [-0.05, 0) is 28.8 Å². The highest BCUT2D eigenvalue weighted by molar-refractivity contribution is 9.11. The predicted octanol–water partition coefficient (Wildman–Crippen LogP) is 4.43. The Labute approximate surface area is 128 Å². The van der Waals surface area contributed by atoms with Crippen LogP contribution in [0.3, 0.4) is 0 Å². The van der Waals surface area contributed by atoms with E-state index in [1.807, 2.05) is 30.3 Å². The first kappa shape index (κ1) is 12.9. The van der Waals surface area contributed by atoms with Crippen molar-refractivity contribution in [1.29, 1.82) is 0 Å². The minimum atomic E-state index is 0.0687. The summed E-state index contributed by atoms with van der Waals surface area (Å²) in [7, 11) is 0. The van der Waals surface area contributed by atoms with Crippen LogP contribution in [0.2, 0.25) is 0 Å². The molecule has 96 valence electrons. The fourth-order valence-electron chi connectivity index (χ4n) is 2.27. The molecule has 4 heteroatoms. The van der Waals surface area contributed by atoms with Crippen molar-refractivity contribution in [1.82, 2.24) is 0 Å². The van der Waals surface area contributed by atoms with Gasteiger partial charge in [-0.3, -0.25) is 4.79 Å². The average Bonchev–Trinajstić information content (AvgIpc) is 2.77. The largest absolute Gasteiger partial charge is 0.326 e. The lowest BCUT2D eigenvalue weighted by Gasteiger charge is -2.13. The highest BCUT2D eigenvalue weighted by atomic mass is 79.9. The van der Waals surface area contributed by atoms with Gasteiger partial charge in [0, 0.05) is 10.2 Å². The highest BCUT2D eigenvalue weighted by Crippen LogP contribution is 2.37. The lowest BCUT2D eigenvalue weighted by Crippen LogP contribution is -2.03. The van der Waals surface area contributed by atoms with E-state index in [0.29, 0.717) is 6.42 Å². The predicted molar refractivity (Wildman–Crippen MR) is 83.7 cm³/mol. The summed E-state index contributed by atoms with van der Waals surface area (Å²) in [4.78, 5) is 11.5. The summed E-state index contributed by atoms with van der Waals surface area (Å²) < 4.78 is 1.08. The van der Waals surface area contributed by atoms with Gasteiger partial charge >= 0.3 is 0 Å². The van der Waals surface area contributed by atoms with E-state index in [1.54, 1.807) is 0 Å². The molecule has 1 heterocycles. The Balaban J connectivity index is 1.97. The molecule has 2 aromatic carbocycles. The monoisotopic (exact) mass is 379 g/mol. The number of nitrogens with one attached hydrogen (secondary N) is 1. The van der Waals surface area contributed by atoms with E-state index in [9.17, 15) is 4.79 Å². The zero-order chi connectivity index (χ0) is 13.4. The molecule has 1 unspecified atom stereocenters. The number of carbonyl (C=O) groups excluding carboxylic acids is 1. The minimum absolute atomic E-state index is 0.0687. The molecule has 1 atom stereocenters. The molecule has 3 rings (SSSR count). The molecular weight excluding hydrogens is 370 g/mol. The molecular formula is C15H11Br2NO. The van der Waals surface area contributed by atoms with Gasteiger partial charge in [0.15, 0.2) is 0 Å².